The van der Waals surface area contributed by atoms with Gasteiger partial charge in [-0.1, -0.05) is 36.4 Å². The first-order chi connectivity index (χ1) is 12.6. The SMILES string of the molecule is CCNC(=O)c1ccc(CN=C(NCC)NCc2ccccc2C)cc1.I. The minimum Gasteiger partial charge on any atom is -0.357 e. The molecule has 0 aromatic heterocycles. The molecular formula is C21H29IN4O. The van der Waals surface area contributed by atoms with Crippen LogP contribution in [-0.4, -0.2) is 25.0 Å². The number of hydrogen-bond donors (Lipinski definition) is 3. The van der Waals surface area contributed by atoms with Gasteiger partial charge < -0.3 is 16.0 Å². The van der Waals surface area contributed by atoms with Crippen LogP contribution in [0.2, 0.25) is 0 Å². The molecule has 0 spiro atoms. The Balaban J connectivity index is 0.00000364. The van der Waals surface area contributed by atoms with Crippen LogP contribution in [0.1, 0.15) is 40.9 Å². The van der Waals surface area contributed by atoms with Gasteiger partial charge in [-0.05, 0) is 49.6 Å². The molecule has 0 bridgehead atoms. The molecule has 3 N–H and O–H groups in total. The number of aryl methyl sites for hydroxylation is 1. The van der Waals surface area contributed by atoms with Crippen LogP contribution in [0.25, 0.3) is 0 Å². The van der Waals surface area contributed by atoms with Crippen LogP contribution in [0.15, 0.2) is 53.5 Å². The van der Waals surface area contributed by atoms with Crippen molar-refractivity contribution in [1.29, 1.82) is 0 Å². The average molecular weight is 480 g/mol. The second kappa shape index (κ2) is 12.3. The molecule has 0 aliphatic heterocycles. The first-order valence-electron chi connectivity index (χ1n) is 9.07. The van der Waals surface area contributed by atoms with E-state index in [2.05, 4.69) is 40.0 Å². The van der Waals surface area contributed by atoms with Gasteiger partial charge in [0.1, 0.15) is 0 Å². The lowest BCUT2D eigenvalue weighted by Gasteiger charge is -2.12. The smallest absolute Gasteiger partial charge is 0.251 e. The van der Waals surface area contributed by atoms with E-state index in [-0.39, 0.29) is 29.9 Å². The molecule has 5 nitrogen and oxygen atoms in total. The van der Waals surface area contributed by atoms with Gasteiger partial charge in [0.05, 0.1) is 6.54 Å². The third-order valence-corrected chi connectivity index (χ3v) is 4.02. The Labute approximate surface area is 179 Å². The molecular weight excluding hydrogens is 451 g/mol. The molecule has 0 aliphatic rings. The number of rotatable bonds is 7. The highest BCUT2D eigenvalue weighted by Gasteiger charge is 2.04. The summed E-state index contributed by atoms with van der Waals surface area (Å²) in [5.74, 6) is 0.736. The molecule has 0 saturated carbocycles. The Morgan fingerprint density at radius 1 is 0.926 bits per heavy atom. The van der Waals surface area contributed by atoms with Crippen molar-refractivity contribution in [3.05, 3.63) is 70.8 Å². The van der Waals surface area contributed by atoms with Gasteiger partial charge in [0, 0.05) is 25.2 Å². The van der Waals surface area contributed by atoms with Crippen LogP contribution in [-0.2, 0) is 13.1 Å². The largest absolute Gasteiger partial charge is 0.357 e. The number of benzene rings is 2. The minimum atomic E-state index is -0.0456. The highest BCUT2D eigenvalue weighted by Crippen LogP contribution is 2.07. The summed E-state index contributed by atoms with van der Waals surface area (Å²) in [5.41, 5.74) is 4.25. The third-order valence-electron chi connectivity index (χ3n) is 4.02. The molecule has 146 valence electrons. The maximum atomic E-state index is 11.8. The zero-order valence-corrected chi connectivity index (χ0v) is 18.5. The minimum absolute atomic E-state index is 0. The van der Waals surface area contributed by atoms with Crippen LogP contribution in [0.4, 0.5) is 0 Å². The highest BCUT2D eigenvalue weighted by molar-refractivity contribution is 14.0. The van der Waals surface area contributed by atoms with Crippen molar-refractivity contribution < 1.29 is 4.79 Å². The summed E-state index contributed by atoms with van der Waals surface area (Å²) in [6, 6.07) is 15.9. The lowest BCUT2D eigenvalue weighted by atomic mass is 10.1. The monoisotopic (exact) mass is 480 g/mol. The van der Waals surface area contributed by atoms with Gasteiger partial charge in [0.15, 0.2) is 5.96 Å². The molecule has 2 aromatic rings. The van der Waals surface area contributed by atoms with Crippen LogP contribution >= 0.6 is 24.0 Å². The summed E-state index contributed by atoms with van der Waals surface area (Å²) in [4.78, 5) is 16.4. The Morgan fingerprint density at radius 3 is 2.22 bits per heavy atom. The van der Waals surface area contributed by atoms with Crippen LogP contribution in [0.5, 0.6) is 0 Å². The maximum Gasteiger partial charge on any atom is 0.251 e. The van der Waals surface area contributed by atoms with Crippen LogP contribution < -0.4 is 16.0 Å². The molecule has 0 heterocycles. The second-order valence-corrected chi connectivity index (χ2v) is 6.03. The predicted molar refractivity (Wildman–Crippen MR) is 123 cm³/mol. The summed E-state index contributed by atoms with van der Waals surface area (Å²) < 4.78 is 0. The lowest BCUT2D eigenvalue weighted by molar-refractivity contribution is 0.0956. The van der Waals surface area contributed by atoms with E-state index in [0.717, 1.165) is 24.6 Å². The van der Waals surface area contributed by atoms with E-state index in [1.807, 2.05) is 50.2 Å². The molecule has 0 radical (unpaired) electrons. The Hall–Kier alpha value is -2.09. The van der Waals surface area contributed by atoms with E-state index >= 15 is 0 Å². The normalized spacial score (nSPS) is 10.7. The van der Waals surface area contributed by atoms with E-state index in [1.54, 1.807) is 0 Å². The molecule has 0 fully saturated rings. The Kier molecular flexibility index (Phi) is 10.5. The van der Waals surface area contributed by atoms with E-state index in [9.17, 15) is 4.79 Å². The number of halogens is 1. The summed E-state index contributed by atoms with van der Waals surface area (Å²) in [6.45, 7) is 8.78. The van der Waals surface area contributed by atoms with Crippen LogP contribution in [0, 0.1) is 6.92 Å². The average Bonchev–Trinajstić information content (AvgIpc) is 2.66. The molecule has 0 unspecified atom stereocenters. The quantitative estimate of drug-likeness (QED) is 0.322. The van der Waals surface area contributed by atoms with E-state index < -0.39 is 0 Å². The fourth-order valence-corrected chi connectivity index (χ4v) is 2.52. The maximum absolute atomic E-state index is 11.8. The number of aliphatic imine (C=N–C) groups is 1. The van der Waals surface area contributed by atoms with Crippen molar-refractivity contribution in [3.63, 3.8) is 0 Å². The Morgan fingerprint density at radius 2 is 1.59 bits per heavy atom. The first-order valence-corrected chi connectivity index (χ1v) is 9.07. The van der Waals surface area contributed by atoms with Crippen molar-refractivity contribution in [1.82, 2.24) is 16.0 Å². The lowest BCUT2D eigenvalue weighted by Crippen LogP contribution is -2.36. The zero-order valence-electron chi connectivity index (χ0n) is 16.2. The summed E-state index contributed by atoms with van der Waals surface area (Å²) in [7, 11) is 0. The topological polar surface area (TPSA) is 65.5 Å². The zero-order chi connectivity index (χ0) is 18.8. The van der Waals surface area contributed by atoms with Gasteiger partial charge in [-0.25, -0.2) is 4.99 Å². The molecule has 0 atom stereocenters. The fourth-order valence-electron chi connectivity index (χ4n) is 2.52. The van der Waals surface area contributed by atoms with Gasteiger partial charge in [-0.2, -0.15) is 0 Å². The van der Waals surface area contributed by atoms with Gasteiger partial charge in [0.25, 0.3) is 5.91 Å². The number of hydrogen-bond acceptors (Lipinski definition) is 2. The summed E-state index contributed by atoms with van der Waals surface area (Å²) >= 11 is 0. The number of nitrogens with one attached hydrogen (secondary N) is 3. The summed E-state index contributed by atoms with van der Waals surface area (Å²) in [6.07, 6.45) is 0. The van der Waals surface area contributed by atoms with Gasteiger partial charge >= 0.3 is 0 Å². The second-order valence-electron chi connectivity index (χ2n) is 6.03. The highest BCUT2D eigenvalue weighted by atomic mass is 127. The van der Waals surface area contributed by atoms with E-state index in [1.165, 1.54) is 11.1 Å². The van der Waals surface area contributed by atoms with Gasteiger partial charge in [-0.3, -0.25) is 4.79 Å². The predicted octanol–water partition coefficient (Wildman–Crippen LogP) is 3.62. The van der Waals surface area contributed by atoms with Crippen molar-refractivity contribution in [2.75, 3.05) is 13.1 Å². The van der Waals surface area contributed by atoms with Crippen molar-refractivity contribution in [3.8, 4) is 0 Å². The van der Waals surface area contributed by atoms with Crippen molar-refractivity contribution >= 4 is 35.8 Å². The van der Waals surface area contributed by atoms with Crippen molar-refractivity contribution in [2.24, 2.45) is 4.99 Å². The van der Waals surface area contributed by atoms with Gasteiger partial charge in [0.2, 0.25) is 0 Å². The number of carbonyl (C=O) groups excluding carboxylic acids is 1. The molecule has 6 heteroatoms. The van der Waals surface area contributed by atoms with Crippen molar-refractivity contribution in [2.45, 2.75) is 33.9 Å². The third kappa shape index (κ3) is 7.58. The van der Waals surface area contributed by atoms with E-state index in [0.29, 0.717) is 18.7 Å². The number of amides is 1. The number of nitrogens with zero attached hydrogens (tertiary/aromatic N) is 1. The number of guanidine groups is 1. The Bertz CT molecular complexity index is 744. The number of carbonyl (C=O) groups is 1. The van der Waals surface area contributed by atoms with Gasteiger partial charge in [-0.15, -0.1) is 24.0 Å². The standard InChI is InChI=1S/C21H28N4O.HI/c1-4-22-20(26)18-12-10-17(11-13-18)14-24-21(23-5-2)25-15-19-9-7-6-8-16(19)3;/h6-13H,4-5,14-15H2,1-3H3,(H,22,26)(H2,23,24,25);1H. The molecule has 2 aromatic carbocycles. The molecule has 0 saturated heterocycles. The molecule has 1 amide bonds. The first kappa shape index (κ1) is 23.0. The fraction of sp³-hybridized carbons (Fsp3) is 0.333. The molecule has 2 rings (SSSR count). The van der Waals surface area contributed by atoms with E-state index in [4.69, 9.17) is 0 Å². The summed E-state index contributed by atoms with van der Waals surface area (Å²) in [5, 5.41) is 9.43. The molecule has 0 aliphatic carbocycles. The van der Waals surface area contributed by atoms with Crippen LogP contribution in [0.3, 0.4) is 0 Å². The molecule has 27 heavy (non-hydrogen) atoms.